The zero-order valence-electron chi connectivity index (χ0n) is 19.8. The number of allylic oxidation sites excluding steroid dienone is 5. The largest absolute Gasteiger partial charge is 0.294 e. The lowest BCUT2D eigenvalue weighted by molar-refractivity contribution is 0.0994. The summed E-state index contributed by atoms with van der Waals surface area (Å²) in [6, 6.07) is 18.4. The first kappa shape index (κ1) is 24.3. The Hall–Kier alpha value is -2.32. The van der Waals surface area contributed by atoms with E-state index in [9.17, 15) is 4.79 Å². The SMILES string of the molecule is C=C(CCC1(C)CC=C(CC(=O)c2ccccc2Cc2ccccc2)S1)C/C(=C\C)CC. The van der Waals surface area contributed by atoms with E-state index in [1.165, 1.54) is 21.6 Å². The smallest absolute Gasteiger partial charge is 0.168 e. The van der Waals surface area contributed by atoms with E-state index in [0.29, 0.717) is 6.42 Å². The fourth-order valence-electron chi connectivity index (χ4n) is 4.29. The zero-order chi connectivity index (χ0) is 23.0. The van der Waals surface area contributed by atoms with Crippen LogP contribution in [0.5, 0.6) is 0 Å². The van der Waals surface area contributed by atoms with Crippen LogP contribution >= 0.6 is 11.8 Å². The third kappa shape index (κ3) is 6.84. The van der Waals surface area contributed by atoms with Crippen LogP contribution in [-0.4, -0.2) is 10.5 Å². The number of rotatable bonds is 11. The van der Waals surface area contributed by atoms with Gasteiger partial charge in [0.05, 0.1) is 0 Å². The number of carbonyl (C=O) groups is 1. The average molecular weight is 445 g/mol. The summed E-state index contributed by atoms with van der Waals surface area (Å²) in [4.78, 5) is 14.4. The summed E-state index contributed by atoms with van der Waals surface area (Å²) >= 11 is 1.90. The number of carbonyl (C=O) groups excluding carboxylic acids is 1. The summed E-state index contributed by atoms with van der Waals surface area (Å²) in [5.74, 6) is 0.226. The molecule has 0 saturated carbocycles. The summed E-state index contributed by atoms with van der Waals surface area (Å²) in [5, 5.41) is 0. The van der Waals surface area contributed by atoms with Crippen molar-refractivity contribution in [1.29, 1.82) is 0 Å². The standard InChI is InChI=1S/C30H36OS/c1-5-24(6-2)20-23(3)16-18-30(4)19-17-27(32-30)22-29(31)28-15-11-10-14-26(28)21-25-12-8-7-9-13-25/h5,7-15,17H,3,6,16,18-22H2,1-2,4H3/b24-5-. The molecule has 0 bridgehead atoms. The molecule has 2 aromatic rings. The van der Waals surface area contributed by atoms with Crippen LogP contribution in [0.15, 0.2) is 89.4 Å². The first-order chi connectivity index (χ1) is 15.4. The molecule has 0 spiro atoms. The molecule has 1 heterocycles. The van der Waals surface area contributed by atoms with E-state index in [1.807, 2.05) is 36.0 Å². The molecule has 32 heavy (non-hydrogen) atoms. The van der Waals surface area contributed by atoms with E-state index in [0.717, 1.165) is 49.7 Å². The maximum atomic E-state index is 13.2. The number of thioether (sulfide) groups is 1. The van der Waals surface area contributed by atoms with Gasteiger partial charge in [-0.05, 0) is 68.4 Å². The fourth-order valence-corrected chi connectivity index (χ4v) is 5.66. The van der Waals surface area contributed by atoms with Crippen LogP contribution < -0.4 is 0 Å². The normalized spacial score (nSPS) is 18.5. The molecule has 0 radical (unpaired) electrons. The van der Waals surface area contributed by atoms with Crippen molar-refractivity contribution in [3.8, 4) is 0 Å². The third-order valence-electron chi connectivity index (χ3n) is 6.38. The first-order valence-electron chi connectivity index (χ1n) is 11.8. The predicted octanol–water partition coefficient (Wildman–Crippen LogP) is 8.71. The molecule has 1 unspecified atom stereocenters. The maximum absolute atomic E-state index is 13.2. The highest BCUT2D eigenvalue weighted by molar-refractivity contribution is 8.04. The van der Waals surface area contributed by atoms with Crippen LogP contribution in [0.2, 0.25) is 0 Å². The molecule has 0 N–H and O–H groups in total. The van der Waals surface area contributed by atoms with Crippen LogP contribution in [0.4, 0.5) is 0 Å². The number of ketones is 1. The minimum Gasteiger partial charge on any atom is -0.294 e. The molecule has 168 valence electrons. The predicted molar refractivity (Wildman–Crippen MR) is 140 cm³/mol. The molecular weight excluding hydrogens is 408 g/mol. The zero-order valence-corrected chi connectivity index (χ0v) is 20.6. The molecule has 2 aromatic carbocycles. The Balaban J connectivity index is 1.56. The van der Waals surface area contributed by atoms with Gasteiger partial charge in [-0.15, -0.1) is 11.8 Å². The lowest BCUT2D eigenvalue weighted by Gasteiger charge is -2.24. The van der Waals surface area contributed by atoms with E-state index in [-0.39, 0.29) is 10.5 Å². The van der Waals surface area contributed by atoms with Gasteiger partial charge in [-0.25, -0.2) is 0 Å². The highest BCUT2D eigenvalue weighted by Crippen LogP contribution is 2.47. The van der Waals surface area contributed by atoms with Crippen molar-refractivity contribution in [1.82, 2.24) is 0 Å². The van der Waals surface area contributed by atoms with E-state index < -0.39 is 0 Å². The molecule has 0 amide bonds. The molecule has 0 aliphatic carbocycles. The van der Waals surface area contributed by atoms with Crippen molar-refractivity contribution in [2.45, 2.75) is 70.5 Å². The van der Waals surface area contributed by atoms with Gasteiger partial charge in [0.2, 0.25) is 0 Å². The summed E-state index contributed by atoms with van der Waals surface area (Å²) in [6.45, 7) is 11.0. The van der Waals surface area contributed by atoms with Crippen molar-refractivity contribution in [2.75, 3.05) is 0 Å². The monoisotopic (exact) mass is 444 g/mol. The lowest BCUT2D eigenvalue weighted by atomic mass is 9.94. The Bertz CT molecular complexity index is 999. The average Bonchev–Trinajstić information content (AvgIpc) is 3.17. The molecule has 0 aromatic heterocycles. The second-order valence-electron chi connectivity index (χ2n) is 9.07. The van der Waals surface area contributed by atoms with Crippen LogP contribution in [0, 0.1) is 0 Å². The molecule has 0 fully saturated rings. The van der Waals surface area contributed by atoms with E-state index in [2.05, 4.69) is 69.8 Å². The van der Waals surface area contributed by atoms with E-state index >= 15 is 0 Å². The molecule has 0 saturated heterocycles. The first-order valence-corrected chi connectivity index (χ1v) is 12.6. The van der Waals surface area contributed by atoms with E-state index in [1.54, 1.807) is 0 Å². The van der Waals surface area contributed by atoms with Gasteiger partial charge >= 0.3 is 0 Å². The number of Topliss-reactive ketones (excluding diaryl/α,β-unsaturated/α-hetero) is 1. The second-order valence-corrected chi connectivity index (χ2v) is 10.8. The maximum Gasteiger partial charge on any atom is 0.168 e. The van der Waals surface area contributed by atoms with Crippen molar-refractivity contribution in [3.05, 3.63) is 106 Å². The Morgan fingerprint density at radius 1 is 1.12 bits per heavy atom. The Kier molecular flexibility index (Phi) is 8.75. The fraction of sp³-hybridized carbons (Fsp3) is 0.367. The molecule has 1 aliphatic rings. The van der Waals surface area contributed by atoms with Crippen LogP contribution in [0.1, 0.15) is 80.8 Å². The van der Waals surface area contributed by atoms with E-state index in [4.69, 9.17) is 0 Å². The van der Waals surface area contributed by atoms with Crippen molar-refractivity contribution >= 4 is 17.5 Å². The molecule has 1 aliphatic heterocycles. The van der Waals surface area contributed by atoms with Gasteiger partial charge in [0.25, 0.3) is 0 Å². The Morgan fingerprint density at radius 2 is 1.84 bits per heavy atom. The molecular formula is C30H36OS. The van der Waals surface area contributed by atoms with Crippen LogP contribution in [-0.2, 0) is 6.42 Å². The van der Waals surface area contributed by atoms with Gasteiger partial charge in [0.15, 0.2) is 5.78 Å². The van der Waals surface area contributed by atoms with Gasteiger partial charge in [0, 0.05) is 16.7 Å². The third-order valence-corrected chi connectivity index (χ3v) is 7.81. The summed E-state index contributed by atoms with van der Waals surface area (Å²) in [5.41, 5.74) is 6.00. The topological polar surface area (TPSA) is 17.1 Å². The highest BCUT2D eigenvalue weighted by Gasteiger charge is 2.31. The molecule has 1 atom stereocenters. The molecule has 1 nitrogen and oxygen atoms in total. The minimum absolute atomic E-state index is 0.171. The number of hydrogen-bond acceptors (Lipinski definition) is 2. The summed E-state index contributed by atoms with van der Waals surface area (Å²) in [7, 11) is 0. The highest BCUT2D eigenvalue weighted by atomic mass is 32.2. The Morgan fingerprint density at radius 3 is 2.56 bits per heavy atom. The number of benzene rings is 2. The molecule has 3 rings (SSSR count). The van der Waals surface area contributed by atoms with Crippen molar-refractivity contribution in [2.24, 2.45) is 0 Å². The minimum atomic E-state index is 0.171. The van der Waals surface area contributed by atoms with Crippen molar-refractivity contribution < 1.29 is 4.79 Å². The summed E-state index contributed by atoms with van der Waals surface area (Å²) < 4.78 is 0.171. The van der Waals surface area contributed by atoms with Crippen LogP contribution in [0.25, 0.3) is 0 Å². The number of hydrogen-bond donors (Lipinski definition) is 0. The summed E-state index contributed by atoms with van der Waals surface area (Å²) in [6.07, 6.45) is 11.1. The van der Waals surface area contributed by atoms with Crippen LogP contribution in [0.3, 0.4) is 0 Å². The van der Waals surface area contributed by atoms with Gasteiger partial charge in [-0.3, -0.25) is 4.79 Å². The van der Waals surface area contributed by atoms with Gasteiger partial charge < -0.3 is 0 Å². The van der Waals surface area contributed by atoms with Gasteiger partial charge in [0.1, 0.15) is 0 Å². The quantitative estimate of drug-likeness (QED) is 0.255. The molecule has 2 heteroatoms. The lowest BCUT2D eigenvalue weighted by Crippen LogP contribution is -2.16. The van der Waals surface area contributed by atoms with Crippen molar-refractivity contribution in [3.63, 3.8) is 0 Å². The van der Waals surface area contributed by atoms with Gasteiger partial charge in [-0.1, -0.05) is 91.4 Å². The second kappa shape index (κ2) is 11.5. The Labute approximate surface area is 198 Å². The van der Waals surface area contributed by atoms with Gasteiger partial charge in [-0.2, -0.15) is 0 Å².